The molecular weight excluding hydrogens is 311 g/mol. The molecule has 134 valence electrons. The average Bonchev–Trinajstić information content (AvgIpc) is 2.58. The number of ether oxygens (including phenoxy) is 3. The van der Waals surface area contributed by atoms with Gasteiger partial charge in [-0.3, -0.25) is 0 Å². The smallest absolute Gasteiger partial charge is 1.00 e. The molecule has 0 atom stereocenters. The molecule has 0 unspecified atom stereocenters. The van der Waals surface area contributed by atoms with Crippen molar-refractivity contribution in [2.75, 3.05) is 33.0 Å². The molecule has 3 nitrogen and oxygen atoms in total. The standard InChI is InChI=1S/C20H34O3.Na.H/c1-3-5-6-7-8-9-10-19-11-13-20(14-12-19)23-18-17-22-16-15-21-4-2;;/h11-14H,3-10,15-18H2,1-2H3;;/q;+1;-1. The molecule has 0 bridgehead atoms. The van der Waals surface area contributed by atoms with Crippen LogP contribution in [0, 0.1) is 0 Å². The van der Waals surface area contributed by atoms with Crippen LogP contribution in [0.5, 0.6) is 5.75 Å². The first-order chi connectivity index (χ1) is 11.4. The van der Waals surface area contributed by atoms with Crippen molar-refractivity contribution in [2.45, 2.75) is 58.8 Å². The molecule has 0 amide bonds. The van der Waals surface area contributed by atoms with Crippen LogP contribution in [0.4, 0.5) is 0 Å². The van der Waals surface area contributed by atoms with Gasteiger partial charge in [-0.15, -0.1) is 0 Å². The van der Waals surface area contributed by atoms with Crippen molar-refractivity contribution < 1.29 is 45.2 Å². The minimum absolute atomic E-state index is 0. The number of unbranched alkanes of at least 4 members (excludes halogenated alkanes) is 5. The molecule has 0 radical (unpaired) electrons. The SMILES string of the molecule is CCCCCCCCc1ccc(OCCOCCOCC)cc1.[H-].[Na+]. The Hall–Kier alpha value is -0.0600. The van der Waals surface area contributed by atoms with E-state index in [1.165, 1.54) is 50.5 Å². The molecule has 0 fully saturated rings. The number of hydrogen-bond donors (Lipinski definition) is 0. The molecule has 0 aromatic heterocycles. The molecular formula is C20H35NaO3. The molecule has 1 rings (SSSR count). The first kappa shape index (κ1) is 23.9. The minimum atomic E-state index is 0. The largest absolute Gasteiger partial charge is 1.00 e. The Labute approximate surface area is 172 Å². The molecule has 0 spiro atoms. The fourth-order valence-corrected chi connectivity index (χ4v) is 2.44. The van der Waals surface area contributed by atoms with Gasteiger partial charge in [0.2, 0.25) is 0 Å². The Bertz CT molecular complexity index is 374. The van der Waals surface area contributed by atoms with Gasteiger partial charge in [-0.05, 0) is 37.5 Å². The summed E-state index contributed by atoms with van der Waals surface area (Å²) in [5.74, 6) is 0.921. The van der Waals surface area contributed by atoms with Gasteiger partial charge in [0.1, 0.15) is 12.4 Å². The molecule has 0 aliphatic heterocycles. The molecule has 0 aliphatic rings. The van der Waals surface area contributed by atoms with E-state index in [-0.39, 0.29) is 31.0 Å². The van der Waals surface area contributed by atoms with Gasteiger partial charge in [-0.2, -0.15) is 0 Å². The first-order valence-electron chi connectivity index (χ1n) is 9.24. The summed E-state index contributed by atoms with van der Waals surface area (Å²) in [6.07, 6.45) is 9.26. The first-order valence-corrected chi connectivity index (χ1v) is 9.24. The van der Waals surface area contributed by atoms with Crippen molar-refractivity contribution >= 4 is 0 Å². The van der Waals surface area contributed by atoms with Crippen LogP contribution in [-0.4, -0.2) is 33.0 Å². The summed E-state index contributed by atoms with van der Waals surface area (Å²) in [6.45, 7) is 7.47. The van der Waals surface area contributed by atoms with Crippen molar-refractivity contribution in [1.82, 2.24) is 0 Å². The number of hydrogen-bond acceptors (Lipinski definition) is 3. The van der Waals surface area contributed by atoms with E-state index in [9.17, 15) is 0 Å². The van der Waals surface area contributed by atoms with Crippen LogP contribution in [-0.2, 0) is 15.9 Å². The molecule has 1 aromatic carbocycles. The van der Waals surface area contributed by atoms with E-state index in [1.54, 1.807) is 0 Å². The second kappa shape index (κ2) is 17.8. The van der Waals surface area contributed by atoms with Crippen molar-refractivity contribution in [3.63, 3.8) is 0 Å². The van der Waals surface area contributed by atoms with Gasteiger partial charge in [0.25, 0.3) is 0 Å². The van der Waals surface area contributed by atoms with E-state index >= 15 is 0 Å². The van der Waals surface area contributed by atoms with Gasteiger partial charge in [0.05, 0.1) is 19.8 Å². The van der Waals surface area contributed by atoms with Crippen LogP contribution >= 0.6 is 0 Å². The number of aryl methyl sites for hydroxylation is 1. The molecule has 0 saturated carbocycles. The van der Waals surface area contributed by atoms with Crippen LogP contribution < -0.4 is 34.3 Å². The van der Waals surface area contributed by atoms with Gasteiger partial charge in [-0.25, -0.2) is 0 Å². The van der Waals surface area contributed by atoms with E-state index in [2.05, 4.69) is 31.2 Å². The van der Waals surface area contributed by atoms with Crippen molar-refractivity contribution in [3.8, 4) is 5.75 Å². The summed E-state index contributed by atoms with van der Waals surface area (Å²) in [6, 6.07) is 8.48. The molecule has 4 heteroatoms. The zero-order valence-corrected chi connectivity index (χ0v) is 18.0. The Morgan fingerprint density at radius 3 is 2.08 bits per heavy atom. The van der Waals surface area contributed by atoms with Crippen LogP contribution in [0.25, 0.3) is 0 Å². The third-order valence-electron chi connectivity index (χ3n) is 3.81. The predicted octanol–water partition coefficient (Wildman–Crippen LogP) is 2.14. The van der Waals surface area contributed by atoms with Crippen molar-refractivity contribution in [1.29, 1.82) is 0 Å². The zero-order valence-electron chi connectivity index (χ0n) is 17.0. The maximum atomic E-state index is 5.67. The predicted molar refractivity (Wildman–Crippen MR) is 97.4 cm³/mol. The van der Waals surface area contributed by atoms with E-state index < -0.39 is 0 Å². The molecule has 24 heavy (non-hydrogen) atoms. The van der Waals surface area contributed by atoms with Crippen LogP contribution in [0.15, 0.2) is 24.3 Å². The van der Waals surface area contributed by atoms with Gasteiger partial charge in [0, 0.05) is 6.61 Å². The topological polar surface area (TPSA) is 27.7 Å². The van der Waals surface area contributed by atoms with Crippen molar-refractivity contribution in [3.05, 3.63) is 29.8 Å². The van der Waals surface area contributed by atoms with Crippen LogP contribution in [0.2, 0.25) is 0 Å². The third-order valence-corrected chi connectivity index (χ3v) is 3.81. The van der Waals surface area contributed by atoms with Crippen LogP contribution in [0.3, 0.4) is 0 Å². The van der Waals surface area contributed by atoms with Crippen LogP contribution in [0.1, 0.15) is 59.4 Å². The van der Waals surface area contributed by atoms with E-state index in [0.29, 0.717) is 26.4 Å². The summed E-state index contributed by atoms with van der Waals surface area (Å²) in [5, 5.41) is 0. The normalized spacial score (nSPS) is 10.4. The summed E-state index contributed by atoms with van der Waals surface area (Å²) in [5.41, 5.74) is 1.40. The molecule has 0 N–H and O–H groups in total. The zero-order chi connectivity index (χ0) is 16.6. The van der Waals surface area contributed by atoms with E-state index in [4.69, 9.17) is 14.2 Å². The maximum Gasteiger partial charge on any atom is 1.00 e. The second-order valence-corrected chi connectivity index (χ2v) is 5.82. The summed E-state index contributed by atoms with van der Waals surface area (Å²) in [4.78, 5) is 0. The summed E-state index contributed by atoms with van der Waals surface area (Å²) < 4.78 is 16.3. The minimum Gasteiger partial charge on any atom is -1.00 e. The Morgan fingerprint density at radius 1 is 0.750 bits per heavy atom. The molecule has 0 aliphatic carbocycles. The number of rotatable bonds is 15. The molecule has 1 aromatic rings. The maximum absolute atomic E-state index is 5.67. The Balaban J connectivity index is 0. The van der Waals surface area contributed by atoms with Crippen molar-refractivity contribution in [2.24, 2.45) is 0 Å². The second-order valence-electron chi connectivity index (χ2n) is 5.82. The Kier molecular flexibility index (Phi) is 17.7. The van der Waals surface area contributed by atoms with Gasteiger partial charge in [-0.1, -0.05) is 51.2 Å². The fraction of sp³-hybridized carbons (Fsp3) is 0.700. The summed E-state index contributed by atoms with van der Waals surface area (Å²) >= 11 is 0. The van der Waals surface area contributed by atoms with Gasteiger partial charge in [0.15, 0.2) is 0 Å². The van der Waals surface area contributed by atoms with Gasteiger partial charge < -0.3 is 15.6 Å². The van der Waals surface area contributed by atoms with E-state index in [0.717, 1.165) is 12.4 Å². The van der Waals surface area contributed by atoms with E-state index in [1.807, 2.05) is 6.92 Å². The molecule has 0 heterocycles. The third kappa shape index (κ3) is 13.3. The Morgan fingerprint density at radius 2 is 1.38 bits per heavy atom. The number of benzene rings is 1. The monoisotopic (exact) mass is 346 g/mol. The average molecular weight is 346 g/mol. The summed E-state index contributed by atoms with van der Waals surface area (Å²) in [7, 11) is 0. The fourth-order valence-electron chi connectivity index (χ4n) is 2.44. The quantitative estimate of drug-likeness (QED) is 0.360. The molecule has 0 saturated heterocycles. The van der Waals surface area contributed by atoms with Gasteiger partial charge >= 0.3 is 29.6 Å².